The zero-order valence-electron chi connectivity index (χ0n) is 13.0. The third-order valence-electron chi connectivity index (χ3n) is 3.55. The molecule has 1 heterocycles. The second-order valence-electron chi connectivity index (χ2n) is 5.32. The number of carbonyl (C=O) groups excluding carboxylic acids is 1. The minimum atomic E-state index is -0.0965. The fourth-order valence-electron chi connectivity index (χ4n) is 2.36. The Morgan fingerprint density at radius 1 is 1.16 bits per heavy atom. The molecule has 0 spiro atoms. The molecule has 0 aliphatic heterocycles. The first-order valence-electron chi connectivity index (χ1n) is 7.47. The van der Waals surface area contributed by atoms with Gasteiger partial charge in [0.15, 0.2) is 10.6 Å². The Morgan fingerprint density at radius 3 is 2.64 bits per heavy atom. The van der Waals surface area contributed by atoms with Gasteiger partial charge < -0.3 is 5.32 Å². The average Bonchev–Trinajstić information content (AvgIpc) is 2.97. The number of hydrogen-bond donors (Lipinski definition) is 2. The molecule has 2 N–H and O–H groups in total. The van der Waals surface area contributed by atoms with E-state index in [-0.39, 0.29) is 12.5 Å². The van der Waals surface area contributed by atoms with Crippen LogP contribution in [0.2, 0.25) is 10.0 Å². The van der Waals surface area contributed by atoms with Crippen molar-refractivity contribution in [3.8, 4) is 5.69 Å². The lowest BCUT2D eigenvalue weighted by Gasteiger charge is -2.09. The van der Waals surface area contributed by atoms with Crippen LogP contribution >= 0.6 is 35.4 Å². The Morgan fingerprint density at radius 2 is 1.92 bits per heavy atom. The highest BCUT2D eigenvalue weighted by Gasteiger charge is 2.11. The van der Waals surface area contributed by atoms with Crippen LogP contribution in [0, 0.1) is 4.77 Å². The van der Waals surface area contributed by atoms with Gasteiger partial charge in [0.2, 0.25) is 5.91 Å². The van der Waals surface area contributed by atoms with E-state index in [0.29, 0.717) is 27.1 Å². The van der Waals surface area contributed by atoms with E-state index >= 15 is 0 Å². The molecular formula is C17H14Cl2N4OS. The Bertz CT molecular complexity index is 953. The molecule has 2 aromatic carbocycles. The molecule has 0 saturated carbocycles. The molecule has 0 unspecified atom stereocenters. The molecular weight excluding hydrogens is 379 g/mol. The largest absolute Gasteiger partial charge is 0.348 e. The van der Waals surface area contributed by atoms with E-state index in [1.165, 1.54) is 0 Å². The molecule has 1 aromatic heterocycles. The zero-order valence-corrected chi connectivity index (χ0v) is 15.3. The molecule has 0 aliphatic rings. The minimum absolute atomic E-state index is 0.0965. The minimum Gasteiger partial charge on any atom is -0.348 e. The third kappa shape index (κ3) is 4.28. The molecule has 0 bridgehead atoms. The highest BCUT2D eigenvalue weighted by Crippen LogP contribution is 2.25. The van der Waals surface area contributed by atoms with E-state index in [0.717, 1.165) is 11.3 Å². The molecule has 3 aromatic rings. The smallest absolute Gasteiger partial charge is 0.224 e. The molecule has 3 rings (SSSR count). The van der Waals surface area contributed by atoms with Crippen LogP contribution in [-0.4, -0.2) is 20.7 Å². The summed E-state index contributed by atoms with van der Waals surface area (Å²) in [5.41, 5.74) is 1.67. The first-order chi connectivity index (χ1) is 12.0. The summed E-state index contributed by atoms with van der Waals surface area (Å²) in [6.07, 6.45) is 0.304. The second-order valence-corrected chi connectivity index (χ2v) is 6.52. The van der Waals surface area contributed by atoms with Gasteiger partial charge >= 0.3 is 0 Å². The Hall–Kier alpha value is -2.15. The van der Waals surface area contributed by atoms with Crippen LogP contribution < -0.4 is 5.32 Å². The molecule has 0 atom stereocenters. The maximum atomic E-state index is 12.1. The van der Waals surface area contributed by atoms with Crippen LogP contribution in [0.1, 0.15) is 11.4 Å². The van der Waals surface area contributed by atoms with Gasteiger partial charge in [-0.05, 0) is 36.0 Å². The van der Waals surface area contributed by atoms with Gasteiger partial charge in [0.1, 0.15) is 0 Å². The van der Waals surface area contributed by atoms with Crippen LogP contribution in [-0.2, 0) is 17.8 Å². The summed E-state index contributed by atoms with van der Waals surface area (Å²) in [6, 6.07) is 14.7. The second kappa shape index (κ2) is 7.82. The molecule has 1 amide bonds. The molecule has 5 nitrogen and oxygen atoms in total. The van der Waals surface area contributed by atoms with Gasteiger partial charge in [0.05, 0.1) is 28.7 Å². The summed E-state index contributed by atoms with van der Waals surface area (Å²) in [5.74, 6) is 0.477. The van der Waals surface area contributed by atoms with Crippen LogP contribution in [0.4, 0.5) is 0 Å². The number of nitrogens with one attached hydrogen (secondary N) is 2. The van der Waals surface area contributed by atoms with Gasteiger partial charge in [-0.3, -0.25) is 14.5 Å². The van der Waals surface area contributed by atoms with E-state index in [2.05, 4.69) is 15.5 Å². The van der Waals surface area contributed by atoms with E-state index < -0.39 is 0 Å². The number of amides is 1. The summed E-state index contributed by atoms with van der Waals surface area (Å²) >= 11 is 17.3. The number of carbonyl (C=O) groups is 1. The quantitative estimate of drug-likeness (QED) is 0.642. The van der Waals surface area contributed by atoms with Gasteiger partial charge in [0, 0.05) is 0 Å². The van der Waals surface area contributed by atoms with E-state index in [1.54, 1.807) is 22.8 Å². The summed E-state index contributed by atoms with van der Waals surface area (Å²) in [7, 11) is 0. The number of benzene rings is 2. The lowest BCUT2D eigenvalue weighted by molar-refractivity contribution is -0.120. The maximum absolute atomic E-state index is 12.1. The van der Waals surface area contributed by atoms with Crippen LogP contribution in [0.25, 0.3) is 5.69 Å². The molecule has 0 aliphatic carbocycles. The monoisotopic (exact) mass is 392 g/mol. The van der Waals surface area contributed by atoms with E-state index in [9.17, 15) is 4.79 Å². The molecule has 0 fully saturated rings. The van der Waals surface area contributed by atoms with Crippen LogP contribution in [0.3, 0.4) is 0 Å². The topological polar surface area (TPSA) is 62.7 Å². The number of aromatic amines is 1. The predicted octanol–water partition coefficient (Wildman–Crippen LogP) is 4.10. The number of halogens is 2. The van der Waals surface area contributed by atoms with Crippen LogP contribution in [0.15, 0.2) is 48.5 Å². The maximum Gasteiger partial charge on any atom is 0.224 e. The van der Waals surface area contributed by atoms with Crippen molar-refractivity contribution in [2.24, 2.45) is 0 Å². The Kier molecular flexibility index (Phi) is 5.53. The normalized spacial score (nSPS) is 10.6. The SMILES string of the molecule is O=C(Cc1ccccc1)NCc1n[nH]c(=S)n1-c1ccc(Cl)c(Cl)c1. The van der Waals surface area contributed by atoms with Crippen molar-refractivity contribution in [1.82, 2.24) is 20.1 Å². The van der Waals surface area contributed by atoms with Crippen molar-refractivity contribution in [3.63, 3.8) is 0 Å². The highest BCUT2D eigenvalue weighted by atomic mass is 35.5. The first-order valence-corrected chi connectivity index (χ1v) is 8.63. The number of H-pyrrole nitrogens is 1. The predicted molar refractivity (Wildman–Crippen MR) is 101 cm³/mol. The van der Waals surface area contributed by atoms with Crippen molar-refractivity contribution in [2.45, 2.75) is 13.0 Å². The zero-order chi connectivity index (χ0) is 17.8. The molecule has 128 valence electrons. The van der Waals surface area contributed by atoms with Crippen molar-refractivity contribution in [1.29, 1.82) is 0 Å². The summed E-state index contributed by atoms with van der Waals surface area (Å²) in [5, 5.41) is 10.6. The lowest BCUT2D eigenvalue weighted by atomic mass is 10.1. The highest BCUT2D eigenvalue weighted by molar-refractivity contribution is 7.71. The number of nitrogens with zero attached hydrogens (tertiary/aromatic N) is 2. The standard InChI is InChI=1S/C17H14Cl2N4OS/c18-13-7-6-12(9-14(13)19)23-15(21-22-17(23)25)10-20-16(24)8-11-4-2-1-3-5-11/h1-7,9H,8,10H2,(H,20,24)(H,22,25). The number of aromatic nitrogens is 3. The Labute approximate surface area is 159 Å². The van der Waals surface area contributed by atoms with E-state index in [1.807, 2.05) is 30.3 Å². The summed E-state index contributed by atoms with van der Waals surface area (Å²) < 4.78 is 2.12. The molecule has 8 heteroatoms. The number of rotatable bonds is 5. The molecule has 0 radical (unpaired) electrons. The average molecular weight is 393 g/mol. The van der Waals surface area contributed by atoms with Gasteiger partial charge in [-0.2, -0.15) is 5.10 Å². The third-order valence-corrected chi connectivity index (χ3v) is 4.57. The fourth-order valence-corrected chi connectivity index (χ4v) is 2.91. The lowest BCUT2D eigenvalue weighted by Crippen LogP contribution is -2.26. The van der Waals surface area contributed by atoms with Gasteiger partial charge in [-0.25, -0.2) is 0 Å². The van der Waals surface area contributed by atoms with Gasteiger partial charge in [0.25, 0.3) is 0 Å². The Balaban J connectivity index is 1.74. The van der Waals surface area contributed by atoms with Gasteiger partial charge in [-0.1, -0.05) is 53.5 Å². The first kappa shape index (κ1) is 17.7. The summed E-state index contributed by atoms with van der Waals surface area (Å²) in [6.45, 7) is 0.235. The van der Waals surface area contributed by atoms with Crippen molar-refractivity contribution >= 4 is 41.3 Å². The van der Waals surface area contributed by atoms with E-state index in [4.69, 9.17) is 35.4 Å². The molecule has 25 heavy (non-hydrogen) atoms. The molecule has 0 saturated heterocycles. The van der Waals surface area contributed by atoms with Crippen LogP contribution in [0.5, 0.6) is 0 Å². The van der Waals surface area contributed by atoms with Gasteiger partial charge in [-0.15, -0.1) is 0 Å². The van der Waals surface area contributed by atoms with Crippen molar-refractivity contribution < 1.29 is 4.79 Å². The fraction of sp³-hybridized carbons (Fsp3) is 0.118. The van der Waals surface area contributed by atoms with Crippen molar-refractivity contribution in [2.75, 3.05) is 0 Å². The summed E-state index contributed by atoms with van der Waals surface area (Å²) in [4.78, 5) is 12.1. The van der Waals surface area contributed by atoms with Crippen molar-refractivity contribution in [3.05, 3.63) is 74.7 Å². The number of hydrogen-bond acceptors (Lipinski definition) is 3.